The molecule has 3 rings (SSSR count). The first-order valence-corrected chi connectivity index (χ1v) is 19.1. The van der Waals surface area contributed by atoms with E-state index in [1.165, 1.54) is 0 Å². The van der Waals surface area contributed by atoms with E-state index in [1.54, 1.807) is 6.07 Å². The van der Waals surface area contributed by atoms with E-state index in [9.17, 15) is 13.5 Å². The largest absolute Gasteiger partial charge is 0.491 e. The molecule has 0 bridgehead atoms. The molecule has 0 aromatic heterocycles. The van der Waals surface area contributed by atoms with Crippen LogP contribution in [0.1, 0.15) is 90.2 Å². The van der Waals surface area contributed by atoms with Crippen molar-refractivity contribution in [2.45, 2.75) is 90.1 Å². The molecule has 0 spiro atoms. The maximum atomic E-state index is 14.0. The van der Waals surface area contributed by atoms with Gasteiger partial charge in [0, 0.05) is 31.1 Å². The predicted molar refractivity (Wildman–Crippen MR) is 188 cm³/mol. The highest BCUT2D eigenvalue weighted by molar-refractivity contribution is 7.91. The Morgan fingerprint density at radius 3 is 2.00 bits per heavy atom. The molecule has 0 fully saturated rings. The Balaban J connectivity index is 1.78. The summed E-state index contributed by atoms with van der Waals surface area (Å²) >= 11 is 0. The van der Waals surface area contributed by atoms with Crippen LogP contribution in [0.15, 0.2) is 47.4 Å². The summed E-state index contributed by atoms with van der Waals surface area (Å²) in [6, 6.07) is 13.3. The number of rotatable bonds is 20. The highest BCUT2D eigenvalue weighted by Crippen LogP contribution is 2.50. The maximum absolute atomic E-state index is 14.0. The SMILES string of the molecule is CCCCC1(CCCC)CS(=O)(=O)c2ccc(N(C)C)cc2[C@@H](c2ccc(OCCOCCOC[N+](CC)(CC)CC)cc2)[C@H]1O. The van der Waals surface area contributed by atoms with Crippen LogP contribution in [0.4, 0.5) is 5.69 Å². The van der Waals surface area contributed by atoms with Crippen LogP contribution in [0.25, 0.3) is 0 Å². The first-order chi connectivity index (χ1) is 22.0. The minimum Gasteiger partial charge on any atom is -0.491 e. The van der Waals surface area contributed by atoms with Gasteiger partial charge in [-0.15, -0.1) is 0 Å². The number of hydrogen-bond acceptors (Lipinski definition) is 7. The van der Waals surface area contributed by atoms with E-state index < -0.39 is 27.3 Å². The predicted octanol–water partition coefficient (Wildman–Crippen LogP) is 6.65. The molecule has 1 aliphatic rings. The van der Waals surface area contributed by atoms with Gasteiger partial charge >= 0.3 is 0 Å². The molecule has 0 radical (unpaired) electrons. The van der Waals surface area contributed by atoms with Gasteiger partial charge in [0.05, 0.1) is 56.2 Å². The number of sulfone groups is 1. The Morgan fingerprint density at radius 1 is 0.848 bits per heavy atom. The minimum absolute atomic E-state index is 0.0337. The molecule has 0 saturated heterocycles. The fourth-order valence-corrected chi connectivity index (χ4v) is 8.99. The van der Waals surface area contributed by atoms with Gasteiger partial charge in [-0.25, -0.2) is 8.42 Å². The van der Waals surface area contributed by atoms with Crippen LogP contribution in [-0.4, -0.2) is 96.8 Å². The molecule has 1 heterocycles. The number of aliphatic hydroxyl groups is 1. The van der Waals surface area contributed by atoms with Crippen molar-refractivity contribution in [1.82, 2.24) is 0 Å². The fraction of sp³-hybridized carbons (Fsp3) is 0.676. The third-order valence-electron chi connectivity index (χ3n) is 10.1. The first-order valence-electron chi connectivity index (χ1n) is 17.5. The molecule has 0 amide bonds. The average molecular weight is 662 g/mol. The summed E-state index contributed by atoms with van der Waals surface area (Å²) in [5.41, 5.74) is 1.74. The number of ether oxygens (including phenoxy) is 3. The molecule has 2 aromatic rings. The lowest BCUT2D eigenvalue weighted by Crippen LogP contribution is -2.49. The van der Waals surface area contributed by atoms with E-state index in [0.29, 0.717) is 62.2 Å². The molecular formula is C37H61N2O6S+. The van der Waals surface area contributed by atoms with E-state index in [0.717, 1.165) is 61.1 Å². The van der Waals surface area contributed by atoms with Crippen molar-refractivity contribution in [2.75, 3.05) is 77.5 Å². The minimum atomic E-state index is -3.63. The van der Waals surface area contributed by atoms with Crippen LogP contribution in [0, 0.1) is 5.41 Å². The second-order valence-electron chi connectivity index (χ2n) is 13.2. The molecule has 8 nitrogen and oxygen atoms in total. The monoisotopic (exact) mass is 661 g/mol. The molecule has 1 N–H and O–H groups in total. The fourth-order valence-electron chi connectivity index (χ4n) is 6.80. The summed E-state index contributed by atoms with van der Waals surface area (Å²) in [7, 11) is 0.261. The number of benzene rings is 2. The van der Waals surface area contributed by atoms with Crippen LogP contribution in [0.2, 0.25) is 0 Å². The third-order valence-corrected chi connectivity index (χ3v) is 12.1. The Morgan fingerprint density at radius 2 is 1.43 bits per heavy atom. The van der Waals surface area contributed by atoms with E-state index in [-0.39, 0.29) is 5.75 Å². The van der Waals surface area contributed by atoms with Crippen molar-refractivity contribution in [1.29, 1.82) is 0 Å². The van der Waals surface area contributed by atoms with Crippen molar-refractivity contribution in [2.24, 2.45) is 5.41 Å². The molecule has 46 heavy (non-hydrogen) atoms. The summed E-state index contributed by atoms with van der Waals surface area (Å²) in [5.74, 6) is 0.193. The molecular weight excluding hydrogens is 600 g/mol. The molecule has 260 valence electrons. The van der Waals surface area contributed by atoms with Gasteiger partial charge in [0.15, 0.2) is 16.6 Å². The smallest absolute Gasteiger partial charge is 0.183 e. The molecule has 0 aliphatic carbocycles. The number of aliphatic hydroxyl groups excluding tert-OH is 1. The van der Waals surface area contributed by atoms with Crippen LogP contribution in [0.5, 0.6) is 5.75 Å². The lowest BCUT2D eigenvalue weighted by atomic mass is 9.68. The zero-order valence-corrected chi connectivity index (χ0v) is 30.4. The summed E-state index contributed by atoms with van der Waals surface area (Å²) in [6.45, 7) is 16.7. The molecule has 0 saturated carbocycles. The second kappa shape index (κ2) is 17.8. The number of unbranched alkanes of at least 4 members (excludes halogenated alkanes) is 2. The van der Waals surface area contributed by atoms with Crippen LogP contribution < -0.4 is 9.64 Å². The number of quaternary nitrogens is 1. The number of nitrogens with zero attached hydrogens (tertiary/aromatic N) is 2. The van der Waals surface area contributed by atoms with Crippen LogP contribution >= 0.6 is 0 Å². The van der Waals surface area contributed by atoms with Crippen LogP contribution in [-0.2, 0) is 19.3 Å². The van der Waals surface area contributed by atoms with Crippen molar-refractivity contribution >= 4 is 15.5 Å². The van der Waals surface area contributed by atoms with E-state index >= 15 is 0 Å². The van der Waals surface area contributed by atoms with Gasteiger partial charge in [0.25, 0.3) is 0 Å². The molecule has 0 unspecified atom stereocenters. The van der Waals surface area contributed by atoms with Gasteiger partial charge in [-0.05, 0) is 75.1 Å². The maximum Gasteiger partial charge on any atom is 0.183 e. The molecule has 1 aliphatic heterocycles. The van der Waals surface area contributed by atoms with Gasteiger partial charge in [0.1, 0.15) is 12.4 Å². The highest BCUT2D eigenvalue weighted by atomic mass is 32.2. The Kier molecular flexibility index (Phi) is 14.8. The van der Waals surface area contributed by atoms with Gasteiger partial charge in [-0.2, -0.15) is 0 Å². The zero-order chi connectivity index (χ0) is 33.8. The van der Waals surface area contributed by atoms with Gasteiger partial charge < -0.3 is 28.7 Å². The molecule has 2 atom stereocenters. The topological polar surface area (TPSA) is 85.3 Å². The number of fused-ring (bicyclic) bond motifs is 1. The average Bonchev–Trinajstić information content (AvgIpc) is 3.12. The Hall–Kier alpha value is -2.17. The summed E-state index contributed by atoms with van der Waals surface area (Å²) < 4.78 is 46.6. The van der Waals surface area contributed by atoms with Crippen molar-refractivity contribution in [3.63, 3.8) is 0 Å². The van der Waals surface area contributed by atoms with Gasteiger partial charge in [-0.1, -0.05) is 51.7 Å². The van der Waals surface area contributed by atoms with E-state index in [2.05, 4.69) is 34.6 Å². The van der Waals surface area contributed by atoms with Gasteiger partial charge in [0.2, 0.25) is 0 Å². The standard InChI is InChI=1S/C37H61N2O6S/c1-8-13-21-37(22-14-9-2)28-46(41,42)34-20-17-31(38(6)7)27-33(34)35(36(37)40)30-15-18-32(19-16-30)45-26-25-43-23-24-44-29-39(10-3,11-4)12-5/h15-20,27,35-36,40H,8-14,21-26,28-29H2,1-7H3/q+1/t35-,36-/m1/s1. The van der Waals surface area contributed by atoms with Crippen molar-refractivity contribution in [3.8, 4) is 5.75 Å². The highest BCUT2D eigenvalue weighted by Gasteiger charge is 2.49. The van der Waals surface area contributed by atoms with Crippen molar-refractivity contribution < 1.29 is 32.2 Å². The van der Waals surface area contributed by atoms with E-state index in [4.69, 9.17) is 14.2 Å². The van der Waals surface area contributed by atoms with Crippen molar-refractivity contribution in [3.05, 3.63) is 53.6 Å². The normalized spacial score (nSPS) is 19.0. The second-order valence-corrected chi connectivity index (χ2v) is 15.2. The quantitative estimate of drug-likeness (QED) is 0.0967. The summed E-state index contributed by atoms with van der Waals surface area (Å²) in [6.07, 6.45) is 4.15. The summed E-state index contributed by atoms with van der Waals surface area (Å²) in [5, 5.41) is 12.4. The Labute approximate surface area is 279 Å². The third kappa shape index (κ3) is 9.47. The lowest BCUT2D eigenvalue weighted by molar-refractivity contribution is -0.941. The summed E-state index contributed by atoms with van der Waals surface area (Å²) in [4.78, 5) is 2.31. The number of anilines is 1. The Bertz CT molecular complexity index is 1280. The zero-order valence-electron chi connectivity index (χ0n) is 29.6. The van der Waals surface area contributed by atoms with Gasteiger partial charge in [-0.3, -0.25) is 0 Å². The van der Waals surface area contributed by atoms with E-state index in [1.807, 2.05) is 55.4 Å². The first kappa shape index (κ1) is 38.3. The van der Waals surface area contributed by atoms with Crippen LogP contribution in [0.3, 0.4) is 0 Å². The molecule has 9 heteroatoms. The number of hydrogen-bond donors (Lipinski definition) is 1. The lowest BCUT2D eigenvalue weighted by Gasteiger charge is -2.40. The molecule has 2 aromatic carbocycles.